The van der Waals surface area contributed by atoms with Crippen LogP contribution in [0.1, 0.15) is 25.5 Å². The van der Waals surface area contributed by atoms with Crippen LogP contribution in [0.15, 0.2) is 54.6 Å². The fourth-order valence-corrected chi connectivity index (χ4v) is 3.27. The molecule has 0 saturated carbocycles. The molecule has 0 amide bonds. The van der Waals surface area contributed by atoms with Crippen molar-refractivity contribution in [2.24, 2.45) is 0 Å². The lowest BCUT2D eigenvalue weighted by Gasteiger charge is -2.19. The van der Waals surface area contributed by atoms with Crippen LogP contribution in [0.3, 0.4) is 0 Å². The van der Waals surface area contributed by atoms with Crippen LogP contribution in [-0.2, 0) is 0 Å². The maximum atomic E-state index is 4.86. The van der Waals surface area contributed by atoms with Crippen LogP contribution in [0.4, 0.5) is 17.5 Å². The largest absolute Gasteiger partial charge is 0.359 e. The number of fused-ring (bicyclic) bond motifs is 1. The van der Waals surface area contributed by atoms with Crippen LogP contribution >= 0.6 is 0 Å². The first kappa shape index (κ1) is 18.9. The van der Waals surface area contributed by atoms with E-state index in [0.717, 1.165) is 48.1 Å². The van der Waals surface area contributed by atoms with Gasteiger partial charge in [-0.25, -0.2) is 9.97 Å². The number of anilines is 3. The Morgan fingerprint density at radius 1 is 0.966 bits per heavy atom. The highest BCUT2D eigenvalue weighted by molar-refractivity contribution is 5.86. The first-order valence-electron chi connectivity index (χ1n) is 10.0. The molecule has 0 aliphatic rings. The molecule has 6 heteroatoms. The first-order valence-corrected chi connectivity index (χ1v) is 10.0. The molecule has 0 aliphatic heterocycles. The molecule has 0 radical (unpaired) electrons. The maximum absolute atomic E-state index is 4.86. The number of aromatic nitrogens is 4. The van der Waals surface area contributed by atoms with Crippen LogP contribution in [0.5, 0.6) is 0 Å². The van der Waals surface area contributed by atoms with Crippen molar-refractivity contribution in [3.63, 3.8) is 0 Å². The lowest BCUT2D eigenvalue weighted by Crippen LogP contribution is -2.20. The smallest absolute Gasteiger partial charge is 0.163 e. The molecule has 2 aromatic heterocycles. The van der Waals surface area contributed by atoms with Crippen molar-refractivity contribution in [3.8, 4) is 11.4 Å². The van der Waals surface area contributed by atoms with E-state index in [9.17, 15) is 0 Å². The number of aromatic amines is 1. The van der Waals surface area contributed by atoms with Crippen molar-refractivity contribution in [2.45, 2.75) is 26.7 Å². The van der Waals surface area contributed by atoms with Gasteiger partial charge in [0.15, 0.2) is 11.6 Å². The Balaban J connectivity index is 1.74. The van der Waals surface area contributed by atoms with Gasteiger partial charge in [0.25, 0.3) is 0 Å². The van der Waals surface area contributed by atoms with E-state index in [1.807, 2.05) is 19.1 Å². The molecule has 2 heterocycles. The monoisotopic (exact) mass is 386 g/mol. The molecule has 0 bridgehead atoms. The zero-order chi connectivity index (χ0) is 20.2. The lowest BCUT2D eigenvalue weighted by atomic mass is 10.1. The van der Waals surface area contributed by atoms with Gasteiger partial charge in [0, 0.05) is 37.0 Å². The Morgan fingerprint density at radius 2 is 1.79 bits per heavy atom. The van der Waals surface area contributed by atoms with E-state index in [1.54, 1.807) is 0 Å². The lowest BCUT2D eigenvalue weighted by molar-refractivity contribution is 0.759. The van der Waals surface area contributed by atoms with E-state index in [-0.39, 0.29) is 0 Å². The third-order valence-electron chi connectivity index (χ3n) is 4.92. The van der Waals surface area contributed by atoms with Gasteiger partial charge in [0.2, 0.25) is 0 Å². The number of hydrogen-bond acceptors (Lipinski definition) is 5. The highest BCUT2D eigenvalue weighted by Gasteiger charge is 2.12. The minimum Gasteiger partial charge on any atom is -0.359 e. The van der Waals surface area contributed by atoms with Crippen molar-refractivity contribution in [3.05, 3.63) is 60.3 Å². The molecule has 4 aromatic rings. The Labute approximate surface area is 171 Å². The Morgan fingerprint density at radius 3 is 2.55 bits per heavy atom. The molecule has 0 spiro atoms. The van der Waals surface area contributed by atoms with E-state index < -0.39 is 0 Å². The van der Waals surface area contributed by atoms with Gasteiger partial charge in [0.05, 0.1) is 0 Å². The molecular weight excluding hydrogens is 360 g/mol. The number of hydrogen-bond donors (Lipinski definition) is 2. The minimum atomic E-state index is 0.700. The number of unbranched alkanes of at least 4 members (excludes halogenated alkanes) is 1. The zero-order valence-corrected chi connectivity index (χ0v) is 17.1. The average molecular weight is 387 g/mol. The van der Waals surface area contributed by atoms with Crippen LogP contribution in [-0.4, -0.2) is 33.8 Å². The summed E-state index contributed by atoms with van der Waals surface area (Å²) in [6, 6.07) is 18.6. The summed E-state index contributed by atoms with van der Waals surface area (Å²) in [5.41, 5.74) is 1.99. The summed E-state index contributed by atoms with van der Waals surface area (Å²) in [6.07, 6.45) is 2.26. The summed E-state index contributed by atoms with van der Waals surface area (Å²) < 4.78 is 0. The van der Waals surface area contributed by atoms with Crippen molar-refractivity contribution in [1.29, 1.82) is 0 Å². The Bertz CT molecular complexity index is 1120. The highest BCUT2D eigenvalue weighted by Crippen LogP contribution is 2.26. The van der Waals surface area contributed by atoms with Crippen molar-refractivity contribution >= 4 is 28.2 Å². The summed E-state index contributed by atoms with van der Waals surface area (Å²) in [5, 5.41) is 12.9. The van der Waals surface area contributed by atoms with Crippen LogP contribution in [0, 0.1) is 6.92 Å². The summed E-state index contributed by atoms with van der Waals surface area (Å²) >= 11 is 0. The van der Waals surface area contributed by atoms with Gasteiger partial charge in [-0.1, -0.05) is 49.7 Å². The third kappa shape index (κ3) is 4.37. The zero-order valence-electron chi connectivity index (χ0n) is 17.1. The Kier molecular flexibility index (Phi) is 5.42. The van der Waals surface area contributed by atoms with Gasteiger partial charge in [-0.3, -0.25) is 5.10 Å². The molecular formula is C23H26N6. The maximum Gasteiger partial charge on any atom is 0.163 e. The number of nitrogens with one attached hydrogen (secondary N) is 2. The molecule has 0 unspecified atom stereocenters. The number of H-pyrrole nitrogens is 1. The first-order chi connectivity index (χ1) is 14.1. The molecule has 6 nitrogen and oxygen atoms in total. The van der Waals surface area contributed by atoms with Gasteiger partial charge < -0.3 is 10.2 Å². The second-order valence-corrected chi connectivity index (χ2v) is 7.33. The van der Waals surface area contributed by atoms with Crippen LogP contribution in [0.2, 0.25) is 0 Å². The molecule has 148 valence electrons. The summed E-state index contributed by atoms with van der Waals surface area (Å²) in [6.45, 7) is 5.12. The quantitative estimate of drug-likeness (QED) is 0.450. The van der Waals surface area contributed by atoms with Crippen molar-refractivity contribution in [2.75, 3.05) is 23.8 Å². The van der Waals surface area contributed by atoms with Crippen LogP contribution < -0.4 is 10.2 Å². The average Bonchev–Trinajstić information content (AvgIpc) is 3.15. The minimum absolute atomic E-state index is 0.700. The van der Waals surface area contributed by atoms with Crippen LogP contribution in [0.25, 0.3) is 22.2 Å². The molecule has 0 atom stereocenters. The molecule has 29 heavy (non-hydrogen) atoms. The van der Waals surface area contributed by atoms with E-state index in [4.69, 9.17) is 9.97 Å². The summed E-state index contributed by atoms with van der Waals surface area (Å²) in [4.78, 5) is 11.8. The van der Waals surface area contributed by atoms with E-state index in [0.29, 0.717) is 5.82 Å². The molecule has 2 N–H and O–H groups in total. The molecule has 0 aliphatic carbocycles. The van der Waals surface area contributed by atoms with E-state index in [1.165, 1.54) is 10.8 Å². The van der Waals surface area contributed by atoms with Gasteiger partial charge >= 0.3 is 0 Å². The fraction of sp³-hybridized carbons (Fsp3) is 0.261. The van der Waals surface area contributed by atoms with Crippen molar-refractivity contribution < 1.29 is 0 Å². The highest BCUT2D eigenvalue weighted by atomic mass is 15.2. The van der Waals surface area contributed by atoms with Gasteiger partial charge in [-0.05, 0) is 30.2 Å². The van der Waals surface area contributed by atoms with E-state index in [2.05, 4.69) is 76.9 Å². The van der Waals surface area contributed by atoms with Gasteiger partial charge in [-0.2, -0.15) is 5.10 Å². The standard InChI is InChI=1S/C23H26N6/c1-4-5-12-29(3)22-15-20(24-21-13-16(2)27-28-21)25-23(26-22)19-11-10-17-8-6-7-9-18(17)14-19/h6-11,13-15H,4-5,12H2,1-3H3,(H2,24,25,26,27,28). The predicted octanol–water partition coefficient (Wildman–Crippen LogP) is 5.31. The predicted molar refractivity (Wildman–Crippen MR) is 120 cm³/mol. The molecule has 0 fully saturated rings. The molecule has 4 rings (SSSR count). The Hall–Kier alpha value is -3.41. The number of nitrogens with zero attached hydrogens (tertiary/aromatic N) is 4. The fourth-order valence-electron chi connectivity index (χ4n) is 3.27. The number of rotatable bonds is 7. The number of benzene rings is 2. The van der Waals surface area contributed by atoms with E-state index >= 15 is 0 Å². The second kappa shape index (κ2) is 8.31. The van der Waals surface area contributed by atoms with Gasteiger partial charge in [0.1, 0.15) is 11.6 Å². The normalized spacial score (nSPS) is 11.0. The SMILES string of the molecule is CCCCN(C)c1cc(Nc2cc(C)[nH]n2)nc(-c2ccc3ccccc3c2)n1. The van der Waals surface area contributed by atoms with Gasteiger partial charge in [-0.15, -0.1) is 0 Å². The third-order valence-corrected chi connectivity index (χ3v) is 4.92. The summed E-state index contributed by atoms with van der Waals surface area (Å²) in [7, 11) is 2.07. The second-order valence-electron chi connectivity index (χ2n) is 7.33. The van der Waals surface area contributed by atoms with Crippen molar-refractivity contribution in [1.82, 2.24) is 20.2 Å². The summed E-state index contributed by atoms with van der Waals surface area (Å²) in [5.74, 6) is 3.07. The molecule has 0 saturated heterocycles. The molecule has 2 aromatic carbocycles. The topological polar surface area (TPSA) is 69.7 Å². The number of aryl methyl sites for hydroxylation is 1.